The lowest BCUT2D eigenvalue weighted by atomic mass is 9.88. The van der Waals surface area contributed by atoms with Crippen LogP contribution in [0.15, 0.2) is 12.1 Å². The number of aryl methyl sites for hydroxylation is 4. The summed E-state index contributed by atoms with van der Waals surface area (Å²) in [6, 6.07) is 4.22. The molecule has 0 amide bonds. The number of carbonyl (C=O) groups is 2. The number of ether oxygens (including phenoxy) is 2. The Balaban J connectivity index is 1.67. The number of benzene rings is 2. The SMILES string of the molecule is CCCCc1cc(C)c(O)c(CCCC)c1CCC(=O)OCCCCCCCCOC(=O)CCc1c(CCCC)cc(C)c(O)c1CCCC. The van der Waals surface area contributed by atoms with E-state index in [1.807, 2.05) is 13.8 Å². The van der Waals surface area contributed by atoms with E-state index in [1.165, 1.54) is 11.1 Å². The molecular formula is C44H70O6. The van der Waals surface area contributed by atoms with Crippen molar-refractivity contribution in [1.29, 1.82) is 0 Å². The Morgan fingerprint density at radius 2 is 0.820 bits per heavy atom. The molecule has 0 bridgehead atoms. The van der Waals surface area contributed by atoms with Gasteiger partial charge in [0.05, 0.1) is 13.2 Å². The summed E-state index contributed by atoms with van der Waals surface area (Å²) in [5.41, 5.74) is 8.75. The maximum absolute atomic E-state index is 12.6. The molecule has 2 aromatic rings. The molecule has 2 N–H and O–H groups in total. The number of hydrogen-bond acceptors (Lipinski definition) is 6. The molecule has 2 aromatic carbocycles. The summed E-state index contributed by atoms with van der Waals surface area (Å²) in [7, 11) is 0. The van der Waals surface area contributed by atoms with Gasteiger partial charge < -0.3 is 19.7 Å². The molecule has 0 unspecified atom stereocenters. The first-order chi connectivity index (χ1) is 24.2. The Hall–Kier alpha value is -3.02. The maximum atomic E-state index is 12.6. The molecule has 0 aliphatic rings. The van der Waals surface area contributed by atoms with Crippen molar-refractivity contribution in [1.82, 2.24) is 0 Å². The first-order valence-electron chi connectivity index (χ1n) is 20.2. The van der Waals surface area contributed by atoms with Crippen LogP contribution < -0.4 is 0 Å². The normalized spacial score (nSPS) is 11.2. The number of carbonyl (C=O) groups excluding carboxylic acids is 2. The fraction of sp³-hybridized carbons (Fsp3) is 0.682. The van der Waals surface area contributed by atoms with Gasteiger partial charge in [0.1, 0.15) is 11.5 Å². The van der Waals surface area contributed by atoms with Gasteiger partial charge in [-0.2, -0.15) is 0 Å². The summed E-state index contributed by atoms with van der Waals surface area (Å²) in [4.78, 5) is 25.2. The van der Waals surface area contributed by atoms with Crippen molar-refractivity contribution in [3.8, 4) is 11.5 Å². The fourth-order valence-electron chi connectivity index (χ4n) is 6.91. The Morgan fingerprint density at radius 1 is 0.480 bits per heavy atom. The van der Waals surface area contributed by atoms with Crippen molar-refractivity contribution in [3.05, 3.63) is 56.6 Å². The molecule has 6 heteroatoms. The Bertz CT molecular complexity index is 1200. The van der Waals surface area contributed by atoms with Crippen LogP contribution in [0.25, 0.3) is 0 Å². The van der Waals surface area contributed by atoms with Crippen LogP contribution in [-0.2, 0) is 57.6 Å². The second kappa shape index (κ2) is 25.0. The van der Waals surface area contributed by atoms with Crippen LogP contribution in [0, 0.1) is 13.8 Å². The monoisotopic (exact) mass is 695 g/mol. The molecule has 0 aromatic heterocycles. The first-order valence-corrected chi connectivity index (χ1v) is 20.2. The van der Waals surface area contributed by atoms with Crippen LogP contribution in [0.3, 0.4) is 0 Å². The molecule has 0 aliphatic carbocycles. The van der Waals surface area contributed by atoms with Gasteiger partial charge in [0, 0.05) is 12.8 Å². The van der Waals surface area contributed by atoms with Gasteiger partial charge in [-0.1, -0.05) is 91.2 Å². The van der Waals surface area contributed by atoms with Gasteiger partial charge in [0.15, 0.2) is 0 Å². The minimum atomic E-state index is -0.164. The van der Waals surface area contributed by atoms with Gasteiger partial charge in [-0.25, -0.2) is 0 Å². The van der Waals surface area contributed by atoms with Crippen molar-refractivity contribution in [3.63, 3.8) is 0 Å². The number of phenolic OH excluding ortho intramolecular Hbond substituents is 2. The number of unbranched alkanes of at least 4 members (excludes halogenated alkanes) is 9. The van der Waals surface area contributed by atoms with Crippen molar-refractivity contribution in [2.24, 2.45) is 0 Å². The van der Waals surface area contributed by atoms with E-state index in [2.05, 4.69) is 39.8 Å². The number of rotatable bonds is 27. The Kier molecular flexibility index (Phi) is 21.6. The molecular weight excluding hydrogens is 624 g/mol. The van der Waals surface area contributed by atoms with Crippen molar-refractivity contribution in [2.45, 2.75) is 183 Å². The molecule has 282 valence electrons. The van der Waals surface area contributed by atoms with E-state index in [-0.39, 0.29) is 11.9 Å². The number of hydrogen-bond donors (Lipinski definition) is 2. The lowest BCUT2D eigenvalue weighted by molar-refractivity contribution is -0.144. The summed E-state index contributed by atoms with van der Waals surface area (Å²) < 4.78 is 11.2. The van der Waals surface area contributed by atoms with E-state index in [0.29, 0.717) is 50.4 Å². The van der Waals surface area contributed by atoms with Crippen LogP contribution in [0.5, 0.6) is 11.5 Å². The van der Waals surface area contributed by atoms with Crippen molar-refractivity contribution in [2.75, 3.05) is 13.2 Å². The third-order valence-corrected chi connectivity index (χ3v) is 9.99. The maximum Gasteiger partial charge on any atom is 0.306 e. The molecule has 0 radical (unpaired) electrons. The van der Waals surface area contributed by atoms with E-state index in [4.69, 9.17) is 9.47 Å². The van der Waals surface area contributed by atoms with Crippen molar-refractivity contribution < 1.29 is 29.3 Å². The molecule has 0 saturated heterocycles. The van der Waals surface area contributed by atoms with Gasteiger partial charge in [0.2, 0.25) is 0 Å². The van der Waals surface area contributed by atoms with Gasteiger partial charge in [-0.05, 0) is 135 Å². The molecule has 0 fully saturated rings. The highest BCUT2D eigenvalue weighted by atomic mass is 16.5. The smallest absolute Gasteiger partial charge is 0.306 e. The van der Waals surface area contributed by atoms with Gasteiger partial charge in [-0.15, -0.1) is 0 Å². The average molecular weight is 695 g/mol. The van der Waals surface area contributed by atoms with Crippen LogP contribution in [0.2, 0.25) is 0 Å². The van der Waals surface area contributed by atoms with Crippen LogP contribution in [-0.4, -0.2) is 35.4 Å². The topological polar surface area (TPSA) is 93.1 Å². The fourth-order valence-corrected chi connectivity index (χ4v) is 6.91. The third kappa shape index (κ3) is 15.1. The van der Waals surface area contributed by atoms with E-state index in [1.54, 1.807) is 0 Å². The predicted octanol–water partition coefficient (Wildman–Crippen LogP) is 11.1. The second-order valence-corrected chi connectivity index (χ2v) is 14.3. The Labute approximate surface area is 304 Å². The molecule has 2 rings (SSSR count). The second-order valence-electron chi connectivity index (χ2n) is 14.3. The standard InChI is InChI=1S/C44H70O6/c1-7-11-21-35-31-33(5)43(47)39(23-13-9-3)37(35)25-27-41(45)49-29-19-17-15-16-18-20-30-50-42(46)28-26-38-36(22-12-8-2)32-34(6)44(48)40(38)24-14-10-4/h31-32,47-48H,7-30H2,1-6H3. The highest BCUT2D eigenvalue weighted by Crippen LogP contribution is 2.34. The first kappa shape index (κ1) is 43.1. The van der Waals surface area contributed by atoms with Gasteiger partial charge in [-0.3, -0.25) is 9.59 Å². The van der Waals surface area contributed by atoms with E-state index < -0.39 is 0 Å². The van der Waals surface area contributed by atoms with Crippen LogP contribution in [0.1, 0.15) is 175 Å². The van der Waals surface area contributed by atoms with Crippen LogP contribution in [0.4, 0.5) is 0 Å². The van der Waals surface area contributed by atoms with Gasteiger partial charge in [0.25, 0.3) is 0 Å². The molecule has 0 heterocycles. The Morgan fingerprint density at radius 3 is 1.18 bits per heavy atom. The predicted molar refractivity (Wildman–Crippen MR) is 206 cm³/mol. The average Bonchev–Trinajstić information content (AvgIpc) is 3.10. The summed E-state index contributed by atoms with van der Waals surface area (Å²) in [6.45, 7) is 13.5. The molecule has 0 atom stereocenters. The summed E-state index contributed by atoms with van der Waals surface area (Å²) in [6.07, 6.45) is 20.0. The van der Waals surface area contributed by atoms with Crippen LogP contribution >= 0.6 is 0 Å². The largest absolute Gasteiger partial charge is 0.507 e. The van der Waals surface area contributed by atoms with Crippen molar-refractivity contribution >= 4 is 11.9 Å². The molecule has 0 spiro atoms. The third-order valence-electron chi connectivity index (χ3n) is 9.99. The zero-order chi connectivity index (χ0) is 36.7. The summed E-state index contributed by atoms with van der Waals surface area (Å²) >= 11 is 0. The number of aromatic hydroxyl groups is 2. The number of esters is 2. The zero-order valence-corrected chi connectivity index (χ0v) is 32.7. The quantitative estimate of drug-likeness (QED) is 0.0714. The molecule has 50 heavy (non-hydrogen) atoms. The number of phenols is 2. The van der Waals surface area contributed by atoms with E-state index in [0.717, 1.165) is 149 Å². The minimum Gasteiger partial charge on any atom is -0.507 e. The zero-order valence-electron chi connectivity index (χ0n) is 32.7. The summed E-state index contributed by atoms with van der Waals surface area (Å²) in [5, 5.41) is 21.7. The van der Waals surface area contributed by atoms with Gasteiger partial charge >= 0.3 is 11.9 Å². The minimum absolute atomic E-state index is 0.164. The highest BCUT2D eigenvalue weighted by molar-refractivity contribution is 5.70. The lowest BCUT2D eigenvalue weighted by Crippen LogP contribution is -2.10. The van der Waals surface area contributed by atoms with E-state index >= 15 is 0 Å². The molecule has 6 nitrogen and oxygen atoms in total. The summed E-state index contributed by atoms with van der Waals surface area (Å²) in [5.74, 6) is 0.465. The molecule has 0 aliphatic heterocycles. The van der Waals surface area contributed by atoms with E-state index in [9.17, 15) is 19.8 Å². The highest BCUT2D eigenvalue weighted by Gasteiger charge is 2.18. The lowest BCUT2D eigenvalue weighted by Gasteiger charge is -2.18. The molecule has 0 saturated carbocycles.